The van der Waals surface area contributed by atoms with Crippen LogP contribution in [-0.2, 0) is 0 Å². The lowest BCUT2D eigenvalue weighted by molar-refractivity contribution is 0.244. The SMILES string of the molecule is CCOc1ccc(NC(=O)NCCCN2CCN(c3ccccc3F)CC2)cc1. The van der Waals surface area contributed by atoms with Gasteiger partial charge in [0, 0.05) is 38.4 Å². The van der Waals surface area contributed by atoms with Crippen LogP contribution >= 0.6 is 0 Å². The van der Waals surface area contributed by atoms with Crippen LogP contribution in [0.25, 0.3) is 0 Å². The van der Waals surface area contributed by atoms with E-state index in [1.807, 2.05) is 43.3 Å². The molecule has 1 heterocycles. The Bertz CT molecular complexity index is 777. The van der Waals surface area contributed by atoms with Crippen LogP contribution in [0.15, 0.2) is 48.5 Å². The number of nitrogens with zero attached hydrogens (tertiary/aromatic N) is 2. The number of rotatable bonds is 8. The molecule has 2 aromatic carbocycles. The van der Waals surface area contributed by atoms with Crippen LogP contribution in [-0.4, -0.2) is 56.8 Å². The molecule has 0 saturated carbocycles. The molecular weight excluding hydrogens is 371 g/mol. The lowest BCUT2D eigenvalue weighted by atomic mass is 10.2. The molecule has 1 aliphatic rings. The Kier molecular flexibility index (Phi) is 7.69. The first kappa shape index (κ1) is 20.9. The maximum Gasteiger partial charge on any atom is 0.319 e. The van der Waals surface area contributed by atoms with Gasteiger partial charge < -0.3 is 20.3 Å². The normalized spacial score (nSPS) is 14.5. The highest BCUT2D eigenvalue weighted by atomic mass is 19.1. The van der Waals surface area contributed by atoms with Crippen molar-refractivity contribution in [2.24, 2.45) is 0 Å². The third kappa shape index (κ3) is 6.35. The Morgan fingerprint density at radius 1 is 1.07 bits per heavy atom. The van der Waals surface area contributed by atoms with Crippen molar-refractivity contribution in [1.82, 2.24) is 10.2 Å². The van der Waals surface area contributed by atoms with Gasteiger partial charge in [0.15, 0.2) is 0 Å². The molecule has 0 aliphatic carbocycles. The molecule has 156 valence electrons. The summed E-state index contributed by atoms with van der Waals surface area (Å²) in [6.45, 7) is 7.48. The summed E-state index contributed by atoms with van der Waals surface area (Å²) in [5.74, 6) is 0.622. The van der Waals surface area contributed by atoms with E-state index < -0.39 is 0 Å². The van der Waals surface area contributed by atoms with Gasteiger partial charge in [0.25, 0.3) is 0 Å². The van der Waals surface area contributed by atoms with Gasteiger partial charge in [0.2, 0.25) is 0 Å². The van der Waals surface area contributed by atoms with E-state index in [4.69, 9.17) is 4.74 Å². The Hall–Kier alpha value is -2.80. The summed E-state index contributed by atoms with van der Waals surface area (Å²) < 4.78 is 19.3. The Balaban J connectivity index is 1.31. The van der Waals surface area contributed by atoms with Crippen molar-refractivity contribution >= 4 is 17.4 Å². The molecule has 29 heavy (non-hydrogen) atoms. The molecule has 0 atom stereocenters. The zero-order valence-corrected chi connectivity index (χ0v) is 16.9. The van der Waals surface area contributed by atoms with Crippen LogP contribution in [0.5, 0.6) is 5.75 Å². The molecule has 0 bridgehead atoms. The van der Waals surface area contributed by atoms with E-state index in [9.17, 15) is 9.18 Å². The van der Waals surface area contributed by atoms with Crippen LogP contribution < -0.4 is 20.3 Å². The smallest absolute Gasteiger partial charge is 0.319 e. The maximum absolute atomic E-state index is 13.9. The predicted molar refractivity (Wildman–Crippen MR) is 114 cm³/mol. The third-order valence-corrected chi connectivity index (χ3v) is 4.93. The van der Waals surface area contributed by atoms with E-state index in [1.54, 1.807) is 6.07 Å². The van der Waals surface area contributed by atoms with Gasteiger partial charge in [-0.25, -0.2) is 9.18 Å². The molecule has 1 fully saturated rings. The molecule has 0 unspecified atom stereocenters. The molecule has 2 amide bonds. The molecule has 1 aliphatic heterocycles. The number of benzene rings is 2. The van der Waals surface area contributed by atoms with Crippen molar-refractivity contribution in [3.63, 3.8) is 0 Å². The summed E-state index contributed by atoms with van der Waals surface area (Å²) in [6, 6.07) is 14.0. The average Bonchev–Trinajstić information content (AvgIpc) is 2.74. The molecule has 7 heteroatoms. The molecule has 1 saturated heterocycles. The number of carbonyl (C=O) groups is 1. The lowest BCUT2D eigenvalue weighted by Gasteiger charge is -2.36. The summed E-state index contributed by atoms with van der Waals surface area (Å²) in [7, 11) is 0. The standard InChI is InChI=1S/C22H29FN4O2/c1-2-29-19-10-8-18(9-11-19)25-22(28)24-12-5-13-26-14-16-27(17-15-26)21-7-4-3-6-20(21)23/h3-4,6-11H,2,5,12-17H2,1H3,(H2,24,25,28). The van der Waals surface area contributed by atoms with Crippen LogP contribution in [0.4, 0.5) is 20.6 Å². The second kappa shape index (κ2) is 10.7. The van der Waals surface area contributed by atoms with Crippen molar-refractivity contribution in [3.05, 3.63) is 54.3 Å². The van der Waals surface area contributed by atoms with Crippen LogP contribution in [0, 0.1) is 5.82 Å². The minimum Gasteiger partial charge on any atom is -0.494 e. The molecule has 0 spiro atoms. The van der Waals surface area contributed by atoms with Crippen LogP contribution in [0.2, 0.25) is 0 Å². The van der Waals surface area contributed by atoms with Crippen LogP contribution in [0.3, 0.4) is 0 Å². The van der Waals surface area contributed by atoms with Gasteiger partial charge in [-0.3, -0.25) is 4.90 Å². The lowest BCUT2D eigenvalue weighted by Crippen LogP contribution is -2.47. The van der Waals surface area contributed by atoms with Crippen molar-refractivity contribution in [2.45, 2.75) is 13.3 Å². The highest BCUT2D eigenvalue weighted by Gasteiger charge is 2.18. The first-order chi connectivity index (χ1) is 14.2. The number of ether oxygens (including phenoxy) is 1. The van der Waals surface area contributed by atoms with Crippen LogP contribution in [0.1, 0.15) is 13.3 Å². The van der Waals surface area contributed by atoms with Gasteiger partial charge in [-0.1, -0.05) is 12.1 Å². The first-order valence-corrected chi connectivity index (χ1v) is 10.2. The largest absolute Gasteiger partial charge is 0.494 e. The van der Waals surface area contributed by atoms with E-state index in [0.717, 1.165) is 50.6 Å². The van der Waals surface area contributed by atoms with E-state index >= 15 is 0 Å². The minimum atomic E-state index is -0.210. The summed E-state index contributed by atoms with van der Waals surface area (Å²) in [5.41, 5.74) is 1.41. The number of nitrogens with one attached hydrogen (secondary N) is 2. The highest BCUT2D eigenvalue weighted by molar-refractivity contribution is 5.89. The fourth-order valence-corrected chi connectivity index (χ4v) is 3.40. The van der Waals surface area contributed by atoms with Crippen molar-refractivity contribution in [1.29, 1.82) is 0 Å². The molecule has 2 N–H and O–H groups in total. The fraction of sp³-hybridized carbons (Fsp3) is 0.409. The number of piperazine rings is 1. The van der Waals surface area contributed by atoms with Gasteiger partial charge in [-0.15, -0.1) is 0 Å². The highest BCUT2D eigenvalue weighted by Crippen LogP contribution is 2.20. The van der Waals surface area contributed by atoms with E-state index in [2.05, 4.69) is 20.4 Å². The molecule has 0 aromatic heterocycles. The number of hydrogen-bond acceptors (Lipinski definition) is 4. The molecule has 0 radical (unpaired) electrons. The van der Waals surface area contributed by atoms with E-state index in [1.165, 1.54) is 6.07 Å². The average molecular weight is 400 g/mol. The molecular formula is C22H29FN4O2. The number of anilines is 2. The van der Waals surface area contributed by atoms with Gasteiger partial charge in [0.05, 0.1) is 12.3 Å². The van der Waals surface area contributed by atoms with Crippen molar-refractivity contribution in [2.75, 3.05) is 56.1 Å². The number of amides is 2. The number of carbonyl (C=O) groups excluding carboxylic acids is 1. The van der Waals surface area contributed by atoms with Gasteiger partial charge in [0.1, 0.15) is 11.6 Å². The Labute approximate surface area is 171 Å². The van der Waals surface area contributed by atoms with Crippen molar-refractivity contribution < 1.29 is 13.9 Å². The fourth-order valence-electron chi connectivity index (χ4n) is 3.40. The predicted octanol–water partition coefficient (Wildman–Crippen LogP) is 3.56. The van der Waals surface area contributed by atoms with E-state index in [0.29, 0.717) is 18.8 Å². The zero-order valence-electron chi connectivity index (χ0n) is 16.9. The molecule has 3 rings (SSSR count). The van der Waals surface area contributed by atoms with Gasteiger partial charge >= 0.3 is 6.03 Å². The Morgan fingerprint density at radius 2 is 1.79 bits per heavy atom. The maximum atomic E-state index is 13.9. The topological polar surface area (TPSA) is 56.8 Å². The number of urea groups is 1. The summed E-state index contributed by atoms with van der Waals surface area (Å²) in [6.07, 6.45) is 0.871. The van der Waals surface area contributed by atoms with E-state index in [-0.39, 0.29) is 11.8 Å². The zero-order chi connectivity index (χ0) is 20.5. The summed E-state index contributed by atoms with van der Waals surface area (Å²) in [5, 5.41) is 5.70. The van der Waals surface area contributed by atoms with Crippen molar-refractivity contribution in [3.8, 4) is 5.75 Å². The number of para-hydroxylation sites is 1. The minimum absolute atomic E-state index is 0.163. The number of halogens is 1. The van der Waals surface area contributed by atoms with Gasteiger partial charge in [-0.05, 0) is 56.3 Å². The second-order valence-corrected chi connectivity index (χ2v) is 6.97. The van der Waals surface area contributed by atoms with Gasteiger partial charge in [-0.2, -0.15) is 0 Å². The Morgan fingerprint density at radius 3 is 2.48 bits per heavy atom. The third-order valence-electron chi connectivity index (χ3n) is 4.93. The number of hydrogen-bond donors (Lipinski definition) is 2. The monoisotopic (exact) mass is 400 g/mol. The molecule has 6 nitrogen and oxygen atoms in total. The summed E-state index contributed by atoms with van der Waals surface area (Å²) in [4.78, 5) is 16.4. The second-order valence-electron chi connectivity index (χ2n) is 6.97. The summed E-state index contributed by atoms with van der Waals surface area (Å²) >= 11 is 0. The quantitative estimate of drug-likeness (QED) is 0.666. The molecule has 2 aromatic rings. The first-order valence-electron chi connectivity index (χ1n) is 10.2.